The summed E-state index contributed by atoms with van der Waals surface area (Å²) in [5.41, 5.74) is -0.0708. The van der Waals surface area contributed by atoms with Crippen LogP contribution in [0.1, 0.15) is 50.4 Å². The molecule has 1 N–H and O–H groups in total. The van der Waals surface area contributed by atoms with E-state index in [1.54, 1.807) is 0 Å². The van der Waals surface area contributed by atoms with Gasteiger partial charge in [-0.3, -0.25) is 0 Å². The van der Waals surface area contributed by atoms with E-state index in [0.29, 0.717) is 6.61 Å². The van der Waals surface area contributed by atoms with E-state index in [9.17, 15) is 0 Å². The molecule has 0 saturated carbocycles. The van der Waals surface area contributed by atoms with Crippen LogP contribution in [-0.2, 0) is 10.2 Å². The van der Waals surface area contributed by atoms with Crippen molar-refractivity contribution in [2.75, 3.05) is 19.8 Å². The molecule has 0 radical (unpaired) electrons. The second kappa shape index (κ2) is 4.38. The molecule has 2 aliphatic heterocycles. The highest BCUT2D eigenvalue weighted by molar-refractivity contribution is 5.08. The summed E-state index contributed by atoms with van der Waals surface area (Å²) in [7, 11) is 0. The molecule has 1 aromatic heterocycles. The van der Waals surface area contributed by atoms with Crippen molar-refractivity contribution in [2.24, 2.45) is 0 Å². The first-order valence-corrected chi connectivity index (χ1v) is 6.43. The van der Waals surface area contributed by atoms with Crippen molar-refractivity contribution in [1.82, 2.24) is 15.5 Å². The molecule has 94 valence electrons. The molecule has 0 spiro atoms. The Morgan fingerprint density at radius 1 is 1.41 bits per heavy atom. The maximum absolute atomic E-state index is 5.54. The second-order valence-corrected chi connectivity index (χ2v) is 5.32. The zero-order chi connectivity index (χ0) is 11.7. The zero-order valence-electron chi connectivity index (χ0n) is 10.2. The van der Waals surface area contributed by atoms with Crippen molar-refractivity contribution < 1.29 is 9.26 Å². The molecule has 5 heteroatoms. The van der Waals surface area contributed by atoms with E-state index in [2.05, 4.69) is 22.4 Å². The van der Waals surface area contributed by atoms with Crippen molar-refractivity contribution in [3.05, 3.63) is 11.7 Å². The highest BCUT2D eigenvalue weighted by Crippen LogP contribution is 2.32. The van der Waals surface area contributed by atoms with Crippen LogP contribution in [0, 0.1) is 0 Å². The molecule has 17 heavy (non-hydrogen) atoms. The van der Waals surface area contributed by atoms with Gasteiger partial charge in [-0.1, -0.05) is 12.1 Å². The molecule has 2 atom stereocenters. The number of nitrogens with zero attached hydrogens (tertiary/aromatic N) is 2. The molecule has 2 fully saturated rings. The van der Waals surface area contributed by atoms with Gasteiger partial charge in [0.2, 0.25) is 5.89 Å². The summed E-state index contributed by atoms with van der Waals surface area (Å²) in [6, 6.07) is 0.254. The highest BCUT2D eigenvalue weighted by atomic mass is 16.5. The minimum Gasteiger partial charge on any atom is -0.380 e. The van der Waals surface area contributed by atoms with Gasteiger partial charge in [0.15, 0.2) is 5.82 Å². The van der Waals surface area contributed by atoms with Crippen LogP contribution < -0.4 is 5.32 Å². The Morgan fingerprint density at radius 2 is 2.35 bits per heavy atom. The van der Waals surface area contributed by atoms with Gasteiger partial charge in [-0.2, -0.15) is 4.98 Å². The quantitative estimate of drug-likeness (QED) is 0.846. The Bertz CT molecular complexity index is 379. The summed E-state index contributed by atoms with van der Waals surface area (Å²) >= 11 is 0. The average molecular weight is 237 g/mol. The predicted octanol–water partition coefficient (Wildman–Crippen LogP) is 1.56. The van der Waals surface area contributed by atoms with E-state index in [4.69, 9.17) is 9.26 Å². The smallest absolute Gasteiger partial charge is 0.243 e. The third-order valence-corrected chi connectivity index (χ3v) is 3.78. The Labute approximate surface area is 101 Å². The maximum atomic E-state index is 5.54. The van der Waals surface area contributed by atoms with E-state index in [1.165, 1.54) is 6.42 Å². The van der Waals surface area contributed by atoms with Crippen LogP contribution >= 0.6 is 0 Å². The number of hydrogen-bond acceptors (Lipinski definition) is 5. The monoisotopic (exact) mass is 237 g/mol. The second-order valence-electron chi connectivity index (χ2n) is 5.32. The molecule has 0 bridgehead atoms. The fourth-order valence-electron chi connectivity index (χ4n) is 2.63. The van der Waals surface area contributed by atoms with Crippen LogP contribution in [0.2, 0.25) is 0 Å². The zero-order valence-corrected chi connectivity index (χ0v) is 10.2. The Kier molecular flexibility index (Phi) is 2.88. The van der Waals surface area contributed by atoms with E-state index in [0.717, 1.165) is 44.1 Å². The maximum Gasteiger partial charge on any atom is 0.243 e. The number of aromatic nitrogens is 2. The van der Waals surface area contributed by atoms with Gasteiger partial charge in [-0.05, 0) is 32.2 Å². The molecule has 2 aliphatic rings. The first kappa shape index (κ1) is 11.2. The summed E-state index contributed by atoms with van der Waals surface area (Å²) in [4.78, 5) is 4.57. The van der Waals surface area contributed by atoms with E-state index >= 15 is 0 Å². The van der Waals surface area contributed by atoms with Crippen LogP contribution in [0.3, 0.4) is 0 Å². The van der Waals surface area contributed by atoms with Crippen LogP contribution in [-0.4, -0.2) is 29.9 Å². The molecule has 0 aliphatic carbocycles. The fourth-order valence-corrected chi connectivity index (χ4v) is 2.63. The molecule has 5 nitrogen and oxygen atoms in total. The van der Waals surface area contributed by atoms with Gasteiger partial charge in [-0.25, -0.2) is 0 Å². The normalized spacial score (nSPS) is 34.1. The van der Waals surface area contributed by atoms with Crippen LogP contribution in [0.5, 0.6) is 0 Å². The third-order valence-electron chi connectivity index (χ3n) is 3.78. The lowest BCUT2D eigenvalue weighted by atomic mass is 9.84. The lowest BCUT2D eigenvalue weighted by molar-refractivity contribution is 0.0374. The van der Waals surface area contributed by atoms with Gasteiger partial charge in [0.05, 0.1) is 18.1 Å². The van der Waals surface area contributed by atoms with Crippen molar-refractivity contribution in [3.63, 3.8) is 0 Å². The average Bonchev–Trinajstić information content (AvgIpc) is 3.01. The van der Waals surface area contributed by atoms with Crippen molar-refractivity contribution >= 4 is 0 Å². The van der Waals surface area contributed by atoms with E-state index < -0.39 is 0 Å². The molecule has 3 rings (SSSR count). The van der Waals surface area contributed by atoms with Gasteiger partial charge in [-0.15, -0.1) is 0 Å². The molecule has 0 aromatic carbocycles. The van der Waals surface area contributed by atoms with E-state index in [-0.39, 0.29) is 11.5 Å². The fraction of sp³-hybridized carbons (Fsp3) is 0.833. The van der Waals surface area contributed by atoms with Gasteiger partial charge in [0.1, 0.15) is 0 Å². The summed E-state index contributed by atoms with van der Waals surface area (Å²) in [6.07, 6.45) is 4.42. The molecule has 2 saturated heterocycles. The van der Waals surface area contributed by atoms with Crippen LogP contribution in [0.25, 0.3) is 0 Å². The lowest BCUT2D eigenvalue weighted by Gasteiger charge is -2.29. The summed E-state index contributed by atoms with van der Waals surface area (Å²) in [5, 5.41) is 7.52. The lowest BCUT2D eigenvalue weighted by Crippen LogP contribution is -2.34. The summed E-state index contributed by atoms with van der Waals surface area (Å²) in [5.74, 6) is 1.55. The van der Waals surface area contributed by atoms with Gasteiger partial charge in [0, 0.05) is 6.61 Å². The molecule has 0 amide bonds. The van der Waals surface area contributed by atoms with Gasteiger partial charge in [0.25, 0.3) is 0 Å². The Morgan fingerprint density at radius 3 is 3.06 bits per heavy atom. The van der Waals surface area contributed by atoms with Crippen molar-refractivity contribution in [1.29, 1.82) is 0 Å². The third kappa shape index (κ3) is 2.09. The highest BCUT2D eigenvalue weighted by Gasteiger charge is 2.35. The Balaban J connectivity index is 1.78. The largest absolute Gasteiger partial charge is 0.380 e. The van der Waals surface area contributed by atoms with Crippen molar-refractivity contribution in [3.8, 4) is 0 Å². The Hall–Kier alpha value is -0.940. The first-order chi connectivity index (χ1) is 8.28. The van der Waals surface area contributed by atoms with Crippen LogP contribution in [0.15, 0.2) is 4.52 Å². The number of nitrogens with one attached hydrogen (secondary N) is 1. The number of hydrogen-bond donors (Lipinski definition) is 1. The minimum atomic E-state index is -0.0708. The van der Waals surface area contributed by atoms with E-state index in [1.807, 2.05) is 0 Å². The molecule has 3 heterocycles. The first-order valence-electron chi connectivity index (χ1n) is 6.43. The number of ether oxygens (including phenoxy) is 1. The molecular weight excluding hydrogens is 218 g/mol. The molecular formula is C12H19N3O2. The van der Waals surface area contributed by atoms with Gasteiger partial charge < -0.3 is 14.6 Å². The summed E-state index contributed by atoms with van der Waals surface area (Å²) < 4.78 is 10.9. The predicted molar refractivity (Wildman–Crippen MR) is 61.7 cm³/mol. The van der Waals surface area contributed by atoms with Gasteiger partial charge >= 0.3 is 0 Å². The number of rotatable bonds is 2. The molecule has 1 aromatic rings. The van der Waals surface area contributed by atoms with Crippen molar-refractivity contribution in [2.45, 2.75) is 44.1 Å². The SMILES string of the molecule is CC1(c2noc(C3CCCN3)n2)CCCOC1. The topological polar surface area (TPSA) is 60.2 Å². The summed E-state index contributed by atoms with van der Waals surface area (Å²) in [6.45, 7) is 4.75. The standard InChI is InChI=1S/C12H19N3O2/c1-12(5-3-7-16-8-12)11-14-10(17-15-11)9-4-2-6-13-9/h9,13H,2-8H2,1H3. The molecule has 2 unspecified atom stereocenters. The van der Waals surface area contributed by atoms with Crippen LogP contribution in [0.4, 0.5) is 0 Å². The minimum absolute atomic E-state index is 0.0708.